The van der Waals surface area contributed by atoms with Crippen molar-refractivity contribution in [3.63, 3.8) is 0 Å². The van der Waals surface area contributed by atoms with Gasteiger partial charge < -0.3 is 9.13 Å². The Morgan fingerprint density at radius 1 is 0.400 bits per heavy atom. The van der Waals surface area contributed by atoms with Crippen molar-refractivity contribution in [1.82, 2.24) is 9.13 Å². The van der Waals surface area contributed by atoms with Crippen LogP contribution in [0.4, 0.5) is 0 Å². The van der Waals surface area contributed by atoms with Crippen LogP contribution in [0, 0.1) is 34.0 Å². The number of rotatable bonds is 4. The van der Waals surface area contributed by atoms with Crippen molar-refractivity contribution in [1.29, 1.82) is 15.8 Å². The molecule has 0 aliphatic heterocycles. The normalized spacial score (nSPS) is 11.1. The summed E-state index contributed by atoms with van der Waals surface area (Å²) in [5, 5.41) is 34.7. The van der Waals surface area contributed by atoms with Crippen LogP contribution in [-0.4, -0.2) is 9.13 Å². The van der Waals surface area contributed by atoms with Crippen molar-refractivity contribution in [2.24, 2.45) is 0 Å². The summed E-state index contributed by atoms with van der Waals surface area (Å²) in [4.78, 5) is 0. The van der Waals surface area contributed by atoms with Crippen LogP contribution in [0.5, 0.6) is 0 Å². The van der Waals surface area contributed by atoms with Gasteiger partial charge >= 0.3 is 0 Å². The number of nitriles is 3. The van der Waals surface area contributed by atoms with E-state index in [2.05, 4.69) is 94.1 Å². The molecule has 9 rings (SSSR count). The van der Waals surface area contributed by atoms with E-state index in [4.69, 9.17) is 0 Å². The maximum absolute atomic E-state index is 10.4. The summed E-state index contributed by atoms with van der Waals surface area (Å²) >= 11 is 0. The quantitative estimate of drug-likeness (QED) is 0.193. The lowest BCUT2D eigenvalue weighted by Crippen LogP contribution is -2.00. The Bertz CT molecular complexity index is 2920. The van der Waals surface area contributed by atoms with E-state index in [0.29, 0.717) is 16.7 Å². The number of hydrogen-bond acceptors (Lipinski definition) is 3. The summed E-state index contributed by atoms with van der Waals surface area (Å²) in [6, 6.07) is 57.7. The van der Waals surface area contributed by atoms with Crippen molar-refractivity contribution in [2.75, 3.05) is 0 Å². The van der Waals surface area contributed by atoms with E-state index in [1.54, 1.807) is 0 Å². The first kappa shape index (κ1) is 28.8. The molecule has 2 aromatic heterocycles. The van der Waals surface area contributed by atoms with Crippen molar-refractivity contribution in [3.05, 3.63) is 168 Å². The maximum atomic E-state index is 10.4. The lowest BCUT2D eigenvalue weighted by atomic mass is 9.92. The van der Waals surface area contributed by atoms with Gasteiger partial charge in [-0.3, -0.25) is 0 Å². The van der Waals surface area contributed by atoms with Crippen molar-refractivity contribution in [2.45, 2.75) is 0 Å². The molecule has 0 bridgehead atoms. The Kier molecular flexibility index (Phi) is 6.56. The highest BCUT2D eigenvalue weighted by molar-refractivity contribution is 6.11. The fourth-order valence-electron chi connectivity index (χ4n) is 7.47. The minimum Gasteiger partial charge on any atom is -0.309 e. The van der Waals surface area contributed by atoms with Gasteiger partial charge in [-0.2, -0.15) is 15.8 Å². The van der Waals surface area contributed by atoms with Gasteiger partial charge in [-0.15, -0.1) is 0 Å². The average molecular weight is 636 g/mol. The Labute approximate surface area is 287 Å². The lowest BCUT2D eigenvalue weighted by Gasteiger charge is -2.17. The Morgan fingerprint density at radius 2 is 1.02 bits per heavy atom. The van der Waals surface area contributed by atoms with Crippen molar-refractivity contribution >= 4 is 43.6 Å². The average Bonchev–Trinajstić information content (AvgIpc) is 3.70. The SMILES string of the molecule is N#Cc1ccc2c(c1)c1ccccc1n2-c1cccc(-c2cc(-c3c(C#N)cccc3-n3c4ccccc4c4ccccc43)ccc2C#N)c1. The molecule has 0 atom stereocenters. The van der Waals surface area contributed by atoms with E-state index < -0.39 is 0 Å². The molecular formula is C45H25N5. The third-order valence-corrected chi connectivity index (χ3v) is 9.63. The smallest absolute Gasteiger partial charge is 0.0998 e. The summed E-state index contributed by atoms with van der Waals surface area (Å²) in [6.45, 7) is 0. The highest BCUT2D eigenvalue weighted by Gasteiger charge is 2.20. The van der Waals surface area contributed by atoms with Crippen molar-refractivity contribution < 1.29 is 0 Å². The summed E-state index contributed by atoms with van der Waals surface area (Å²) in [5.41, 5.74) is 11.0. The van der Waals surface area contributed by atoms with Crippen molar-refractivity contribution in [3.8, 4) is 51.8 Å². The summed E-state index contributed by atoms with van der Waals surface area (Å²) in [6.07, 6.45) is 0. The van der Waals surface area contributed by atoms with E-state index in [0.717, 1.165) is 77.2 Å². The summed E-state index contributed by atoms with van der Waals surface area (Å²) in [7, 11) is 0. The zero-order chi connectivity index (χ0) is 33.8. The van der Waals surface area contributed by atoms with E-state index in [-0.39, 0.29) is 0 Å². The van der Waals surface area contributed by atoms with Gasteiger partial charge in [-0.05, 0) is 83.9 Å². The second kappa shape index (κ2) is 11.4. The molecule has 0 fully saturated rings. The monoisotopic (exact) mass is 635 g/mol. The third kappa shape index (κ3) is 4.31. The number of benzene rings is 7. The molecule has 0 aliphatic carbocycles. The van der Waals surface area contributed by atoms with E-state index in [1.165, 1.54) is 0 Å². The first-order valence-corrected chi connectivity index (χ1v) is 16.3. The number of para-hydroxylation sites is 3. The molecule has 7 aromatic carbocycles. The van der Waals surface area contributed by atoms with Gasteiger partial charge in [-0.25, -0.2) is 0 Å². The molecule has 50 heavy (non-hydrogen) atoms. The van der Waals surface area contributed by atoms with E-state index in [9.17, 15) is 15.8 Å². The Hall–Kier alpha value is -7.39. The number of nitrogens with zero attached hydrogens (tertiary/aromatic N) is 5. The topological polar surface area (TPSA) is 81.2 Å². The first-order chi connectivity index (χ1) is 24.7. The number of fused-ring (bicyclic) bond motifs is 6. The fraction of sp³-hybridized carbons (Fsp3) is 0. The molecule has 5 heteroatoms. The molecule has 0 unspecified atom stereocenters. The van der Waals surface area contributed by atoms with Crippen LogP contribution in [0.25, 0.3) is 77.2 Å². The second-order valence-electron chi connectivity index (χ2n) is 12.3. The standard InChI is InChI=1S/C45H25N5/c46-26-29-19-22-43-39(23-29)37-14-3-4-15-40(37)49(43)34-11-7-9-30(24-34)38-25-31(20-21-32(38)27-47)45-33(28-48)10-8-18-44(45)50-41-16-5-1-12-35(41)36-13-2-6-17-42(36)50/h1-25H. The molecule has 0 aliphatic rings. The largest absolute Gasteiger partial charge is 0.309 e. The van der Waals surface area contributed by atoms with Crippen LogP contribution in [0.3, 0.4) is 0 Å². The van der Waals surface area contributed by atoms with Crippen LogP contribution >= 0.6 is 0 Å². The molecule has 5 nitrogen and oxygen atoms in total. The van der Waals surface area contributed by atoms with Crippen LogP contribution in [0.1, 0.15) is 16.7 Å². The zero-order valence-corrected chi connectivity index (χ0v) is 26.7. The molecule has 0 N–H and O–H groups in total. The fourth-order valence-corrected chi connectivity index (χ4v) is 7.47. The Balaban J connectivity index is 1.26. The minimum absolute atomic E-state index is 0.541. The Morgan fingerprint density at radius 3 is 1.70 bits per heavy atom. The first-order valence-electron chi connectivity index (χ1n) is 16.3. The minimum atomic E-state index is 0.541. The van der Waals surface area contributed by atoms with Gasteiger partial charge in [0, 0.05) is 38.4 Å². The van der Waals surface area contributed by atoms with Gasteiger partial charge in [0.15, 0.2) is 0 Å². The lowest BCUT2D eigenvalue weighted by molar-refractivity contribution is 1.18. The molecule has 2 heterocycles. The van der Waals surface area contributed by atoms with Gasteiger partial charge in [0.05, 0.1) is 62.7 Å². The summed E-state index contributed by atoms with van der Waals surface area (Å²) < 4.78 is 4.44. The van der Waals surface area contributed by atoms with Crippen LogP contribution in [0.15, 0.2) is 152 Å². The highest BCUT2D eigenvalue weighted by Crippen LogP contribution is 2.40. The van der Waals surface area contributed by atoms with Gasteiger partial charge in [0.2, 0.25) is 0 Å². The molecule has 0 saturated carbocycles. The zero-order valence-electron chi connectivity index (χ0n) is 26.7. The second-order valence-corrected chi connectivity index (χ2v) is 12.3. The van der Waals surface area contributed by atoms with Crippen LogP contribution < -0.4 is 0 Å². The molecule has 0 spiro atoms. The molecule has 230 valence electrons. The maximum Gasteiger partial charge on any atom is 0.0998 e. The van der Waals surface area contributed by atoms with E-state index in [1.807, 2.05) is 84.9 Å². The number of aromatic nitrogens is 2. The summed E-state index contributed by atoms with van der Waals surface area (Å²) in [5.74, 6) is 0. The van der Waals surface area contributed by atoms with Crippen LogP contribution in [0.2, 0.25) is 0 Å². The molecule has 0 amide bonds. The van der Waals surface area contributed by atoms with Gasteiger partial charge in [0.25, 0.3) is 0 Å². The highest BCUT2D eigenvalue weighted by atomic mass is 15.0. The number of hydrogen-bond donors (Lipinski definition) is 0. The van der Waals surface area contributed by atoms with E-state index >= 15 is 0 Å². The predicted octanol–water partition coefficient (Wildman–Crippen LogP) is 10.8. The molecule has 9 aromatic rings. The third-order valence-electron chi connectivity index (χ3n) is 9.63. The molecular weight excluding hydrogens is 611 g/mol. The molecule has 0 saturated heterocycles. The predicted molar refractivity (Wildman–Crippen MR) is 200 cm³/mol. The van der Waals surface area contributed by atoms with Crippen LogP contribution in [-0.2, 0) is 0 Å². The van der Waals surface area contributed by atoms with Gasteiger partial charge in [-0.1, -0.05) is 78.9 Å². The molecule has 0 radical (unpaired) electrons. The van der Waals surface area contributed by atoms with Gasteiger partial charge in [0.1, 0.15) is 0 Å².